The number of sulfone groups is 1. The fraction of sp³-hybridized carbons (Fsp3) is 0.533. The van der Waals surface area contributed by atoms with E-state index in [1.54, 1.807) is 0 Å². The average molecular weight is 295 g/mol. The molecule has 0 aliphatic heterocycles. The average Bonchev–Trinajstić information content (AvgIpc) is 2.40. The van der Waals surface area contributed by atoms with Gasteiger partial charge in [0.1, 0.15) is 15.6 Å². The summed E-state index contributed by atoms with van der Waals surface area (Å²) in [5.74, 6) is 1.14. The van der Waals surface area contributed by atoms with Gasteiger partial charge in [-0.15, -0.1) is 0 Å². The summed E-state index contributed by atoms with van der Waals surface area (Å²) in [7, 11) is -3.01. The number of ether oxygens (including phenoxy) is 1. The SMILES string of the molecule is Cc1ccccc1OCCCCS(=O)(=O)CCCC#N. The Kier molecular flexibility index (Phi) is 7.10. The summed E-state index contributed by atoms with van der Waals surface area (Å²) in [5.41, 5.74) is 1.08. The minimum absolute atomic E-state index is 0.110. The first kappa shape index (κ1) is 16.5. The molecular formula is C15H21NO3S. The largest absolute Gasteiger partial charge is 0.493 e. The molecule has 0 atom stereocenters. The lowest BCUT2D eigenvalue weighted by molar-refractivity contribution is 0.307. The number of aryl methyl sites for hydroxylation is 1. The highest BCUT2D eigenvalue weighted by atomic mass is 32.2. The summed E-state index contributed by atoms with van der Waals surface area (Å²) >= 11 is 0. The van der Waals surface area contributed by atoms with E-state index in [4.69, 9.17) is 10.00 Å². The van der Waals surface area contributed by atoms with E-state index in [0.717, 1.165) is 11.3 Å². The van der Waals surface area contributed by atoms with Gasteiger partial charge in [-0.2, -0.15) is 5.26 Å². The van der Waals surface area contributed by atoms with E-state index in [1.807, 2.05) is 37.3 Å². The van der Waals surface area contributed by atoms with Crippen LogP contribution in [-0.2, 0) is 9.84 Å². The van der Waals surface area contributed by atoms with Crippen LogP contribution in [0.15, 0.2) is 24.3 Å². The fourth-order valence-corrected chi connectivity index (χ4v) is 3.23. The Balaban J connectivity index is 2.19. The molecule has 0 bridgehead atoms. The zero-order chi connectivity index (χ0) is 14.8. The van der Waals surface area contributed by atoms with Crippen molar-refractivity contribution in [1.82, 2.24) is 0 Å². The first-order chi connectivity index (χ1) is 9.55. The maximum Gasteiger partial charge on any atom is 0.150 e. The summed E-state index contributed by atoms with van der Waals surface area (Å²) in [6.07, 6.45) is 2.04. The predicted octanol–water partition coefficient (Wildman–Crippen LogP) is 2.87. The molecule has 0 spiro atoms. The summed E-state index contributed by atoms with van der Waals surface area (Å²) < 4.78 is 28.9. The van der Waals surface area contributed by atoms with Crippen molar-refractivity contribution in [2.75, 3.05) is 18.1 Å². The van der Waals surface area contributed by atoms with Gasteiger partial charge in [0.05, 0.1) is 24.2 Å². The van der Waals surface area contributed by atoms with Crippen molar-refractivity contribution in [3.05, 3.63) is 29.8 Å². The molecular weight excluding hydrogens is 274 g/mol. The molecule has 0 aliphatic rings. The van der Waals surface area contributed by atoms with E-state index >= 15 is 0 Å². The molecule has 0 heterocycles. The van der Waals surface area contributed by atoms with E-state index in [9.17, 15) is 8.42 Å². The molecule has 1 aromatic rings. The first-order valence-electron chi connectivity index (χ1n) is 6.81. The summed E-state index contributed by atoms with van der Waals surface area (Å²) in [4.78, 5) is 0. The number of hydrogen-bond acceptors (Lipinski definition) is 4. The van der Waals surface area contributed by atoms with Gasteiger partial charge in [0.25, 0.3) is 0 Å². The maximum absolute atomic E-state index is 11.6. The molecule has 1 rings (SSSR count). The molecule has 0 amide bonds. The van der Waals surface area contributed by atoms with E-state index in [1.165, 1.54) is 0 Å². The zero-order valence-electron chi connectivity index (χ0n) is 11.8. The minimum Gasteiger partial charge on any atom is -0.493 e. The Morgan fingerprint density at radius 2 is 1.85 bits per heavy atom. The Hall–Kier alpha value is -1.54. The highest BCUT2D eigenvalue weighted by Crippen LogP contribution is 2.16. The maximum atomic E-state index is 11.6. The molecule has 5 heteroatoms. The Morgan fingerprint density at radius 1 is 1.15 bits per heavy atom. The monoisotopic (exact) mass is 295 g/mol. The standard InChI is InChI=1S/C15H21NO3S/c1-14-8-2-3-9-15(14)19-11-5-7-13-20(17,18)12-6-4-10-16/h2-3,8-9H,4-7,11-13H2,1H3. The number of nitrogens with zero attached hydrogens (tertiary/aromatic N) is 1. The Labute approximate surface area is 121 Å². The van der Waals surface area contributed by atoms with Crippen molar-refractivity contribution < 1.29 is 13.2 Å². The molecule has 0 radical (unpaired) electrons. The molecule has 0 saturated heterocycles. The smallest absolute Gasteiger partial charge is 0.150 e. The molecule has 0 aliphatic carbocycles. The quantitative estimate of drug-likeness (QED) is 0.657. The molecule has 0 unspecified atom stereocenters. The Morgan fingerprint density at radius 3 is 2.55 bits per heavy atom. The van der Waals surface area contributed by atoms with Gasteiger partial charge in [0.15, 0.2) is 0 Å². The van der Waals surface area contributed by atoms with Crippen molar-refractivity contribution >= 4 is 9.84 Å². The minimum atomic E-state index is -3.01. The van der Waals surface area contributed by atoms with Crippen LogP contribution in [0.2, 0.25) is 0 Å². The van der Waals surface area contributed by atoms with E-state index in [2.05, 4.69) is 0 Å². The van der Waals surface area contributed by atoms with Gasteiger partial charge in [0.2, 0.25) is 0 Å². The van der Waals surface area contributed by atoms with Crippen LogP contribution < -0.4 is 4.74 Å². The van der Waals surface area contributed by atoms with Crippen LogP contribution >= 0.6 is 0 Å². The van der Waals surface area contributed by atoms with Crippen molar-refractivity contribution in [3.8, 4) is 11.8 Å². The molecule has 110 valence electrons. The van der Waals surface area contributed by atoms with Crippen molar-refractivity contribution in [2.45, 2.75) is 32.6 Å². The summed E-state index contributed by atoms with van der Waals surface area (Å²) in [6, 6.07) is 9.72. The number of para-hydroxylation sites is 1. The Bertz CT molecular complexity index is 546. The van der Waals surface area contributed by atoms with Crippen molar-refractivity contribution in [3.63, 3.8) is 0 Å². The number of benzene rings is 1. The van der Waals surface area contributed by atoms with Gasteiger partial charge in [-0.3, -0.25) is 0 Å². The number of rotatable bonds is 9. The van der Waals surface area contributed by atoms with E-state index < -0.39 is 9.84 Å². The van der Waals surface area contributed by atoms with E-state index in [0.29, 0.717) is 32.3 Å². The highest BCUT2D eigenvalue weighted by molar-refractivity contribution is 7.91. The first-order valence-corrected chi connectivity index (χ1v) is 8.63. The number of nitriles is 1. The van der Waals surface area contributed by atoms with Gasteiger partial charge in [-0.25, -0.2) is 8.42 Å². The second-order valence-electron chi connectivity index (χ2n) is 4.73. The topological polar surface area (TPSA) is 67.2 Å². The predicted molar refractivity (Wildman–Crippen MR) is 79.4 cm³/mol. The lowest BCUT2D eigenvalue weighted by Gasteiger charge is -2.08. The zero-order valence-corrected chi connectivity index (χ0v) is 12.7. The molecule has 0 fully saturated rings. The second kappa shape index (κ2) is 8.60. The molecule has 1 aromatic carbocycles. The summed E-state index contributed by atoms with van der Waals surface area (Å²) in [6.45, 7) is 2.51. The number of unbranched alkanes of at least 4 members (excludes halogenated alkanes) is 2. The van der Waals surface area contributed by atoms with Gasteiger partial charge >= 0.3 is 0 Å². The molecule has 0 aromatic heterocycles. The fourth-order valence-electron chi connectivity index (χ4n) is 1.80. The van der Waals surface area contributed by atoms with Gasteiger partial charge in [-0.1, -0.05) is 18.2 Å². The van der Waals surface area contributed by atoms with Crippen LogP contribution in [0, 0.1) is 18.3 Å². The highest BCUT2D eigenvalue weighted by Gasteiger charge is 2.09. The number of hydrogen-bond donors (Lipinski definition) is 0. The van der Waals surface area contributed by atoms with Crippen molar-refractivity contribution in [2.24, 2.45) is 0 Å². The van der Waals surface area contributed by atoms with Gasteiger partial charge in [0, 0.05) is 6.42 Å². The summed E-state index contributed by atoms with van der Waals surface area (Å²) in [5, 5.41) is 8.38. The van der Waals surface area contributed by atoms with Crippen LogP contribution in [0.3, 0.4) is 0 Å². The van der Waals surface area contributed by atoms with E-state index in [-0.39, 0.29) is 11.5 Å². The van der Waals surface area contributed by atoms with Crippen LogP contribution in [0.5, 0.6) is 5.75 Å². The third kappa shape index (κ3) is 6.58. The molecule has 0 saturated carbocycles. The normalized spacial score (nSPS) is 11.0. The third-order valence-corrected chi connectivity index (χ3v) is 4.77. The molecule has 0 N–H and O–H groups in total. The van der Waals surface area contributed by atoms with Crippen LogP contribution in [-0.4, -0.2) is 26.5 Å². The lowest BCUT2D eigenvalue weighted by atomic mass is 10.2. The van der Waals surface area contributed by atoms with Crippen LogP contribution in [0.25, 0.3) is 0 Å². The lowest BCUT2D eigenvalue weighted by Crippen LogP contribution is -2.12. The van der Waals surface area contributed by atoms with Gasteiger partial charge < -0.3 is 4.74 Å². The van der Waals surface area contributed by atoms with Crippen LogP contribution in [0.1, 0.15) is 31.2 Å². The third-order valence-electron chi connectivity index (χ3n) is 2.94. The van der Waals surface area contributed by atoms with Crippen LogP contribution in [0.4, 0.5) is 0 Å². The molecule has 4 nitrogen and oxygen atoms in total. The second-order valence-corrected chi connectivity index (χ2v) is 7.04. The molecule has 20 heavy (non-hydrogen) atoms. The van der Waals surface area contributed by atoms with Crippen molar-refractivity contribution in [1.29, 1.82) is 5.26 Å². The van der Waals surface area contributed by atoms with Gasteiger partial charge in [-0.05, 0) is 37.8 Å².